The fourth-order valence-electron chi connectivity index (χ4n) is 2.59. The van der Waals surface area contributed by atoms with Crippen LogP contribution in [0.5, 0.6) is 0 Å². The van der Waals surface area contributed by atoms with Crippen molar-refractivity contribution in [1.82, 2.24) is 4.68 Å². The predicted molar refractivity (Wildman–Crippen MR) is 97.5 cm³/mol. The van der Waals surface area contributed by atoms with Gasteiger partial charge in [0.15, 0.2) is 0 Å². The number of nitrogens with one attached hydrogen (secondary N) is 1. The number of thiazole rings is 1. The fourth-order valence-corrected chi connectivity index (χ4v) is 3.44. The van der Waals surface area contributed by atoms with E-state index in [9.17, 15) is 4.79 Å². The minimum Gasteiger partial charge on any atom is -0.461 e. The molecule has 24 heavy (non-hydrogen) atoms. The van der Waals surface area contributed by atoms with Crippen LogP contribution < -0.4 is 4.80 Å². The average molecular weight is 341 g/mol. The molecule has 1 heterocycles. The zero-order valence-corrected chi connectivity index (χ0v) is 14.7. The Labute approximate surface area is 143 Å². The molecule has 0 fully saturated rings. The molecule has 0 spiro atoms. The Kier molecular flexibility index (Phi) is 4.49. The van der Waals surface area contributed by atoms with Gasteiger partial charge in [0, 0.05) is 11.3 Å². The van der Waals surface area contributed by atoms with Crippen molar-refractivity contribution < 1.29 is 9.53 Å². The summed E-state index contributed by atoms with van der Waals surface area (Å²) in [7, 11) is 0. The number of carbonyl (C=O) groups is 1. The molecule has 0 aliphatic heterocycles. The number of hydrogen-bond donors (Lipinski definition) is 1. The van der Waals surface area contributed by atoms with Crippen molar-refractivity contribution in [3.63, 3.8) is 0 Å². The maximum Gasteiger partial charge on any atom is 0.354 e. The number of hydrogen-bond acceptors (Lipinski definition) is 5. The minimum absolute atomic E-state index is 0.0964. The van der Waals surface area contributed by atoms with Crippen LogP contribution in [0.25, 0.3) is 21.0 Å². The molecule has 0 atom stereocenters. The van der Waals surface area contributed by atoms with E-state index >= 15 is 0 Å². The number of fused-ring (bicyclic) bond motifs is 3. The topological polar surface area (TPSA) is 67.4 Å². The molecule has 5 nitrogen and oxygen atoms in total. The number of aromatic nitrogens is 1. The quantitative estimate of drug-likeness (QED) is 0.580. The summed E-state index contributed by atoms with van der Waals surface area (Å²) >= 11 is 1.34. The minimum atomic E-state index is -0.431. The van der Waals surface area contributed by atoms with Gasteiger partial charge >= 0.3 is 5.97 Å². The van der Waals surface area contributed by atoms with Crippen molar-refractivity contribution in [1.29, 1.82) is 5.41 Å². The van der Waals surface area contributed by atoms with Gasteiger partial charge in [0.2, 0.25) is 4.80 Å². The number of carbonyl (C=O) groups excluding carboxylic acids is 1. The van der Waals surface area contributed by atoms with E-state index in [-0.39, 0.29) is 10.7 Å². The lowest BCUT2D eigenvalue weighted by atomic mass is 10.1. The van der Waals surface area contributed by atoms with Crippen molar-refractivity contribution >= 4 is 44.0 Å². The van der Waals surface area contributed by atoms with Gasteiger partial charge in [0.05, 0.1) is 16.8 Å². The number of benzene rings is 2. The summed E-state index contributed by atoms with van der Waals surface area (Å²) in [4.78, 5) is 12.5. The molecule has 3 rings (SSSR count). The third-order valence-corrected chi connectivity index (χ3v) is 4.63. The van der Waals surface area contributed by atoms with Crippen LogP contribution in [-0.2, 0) is 9.53 Å². The summed E-state index contributed by atoms with van der Waals surface area (Å²) < 4.78 is 7.63. The Bertz CT molecular complexity index is 998. The number of rotatable bonds is 4. The Balaban J connectivity index is 2.30. The Morgan fingerprint density at radius 2 is 2.04 bits per heavy atom. The van der Waals surface area contributed by atoms with Crippen molar-refractivity contribution in [3.8, 4) is 0 Å². The second-order valence-corrected chi connectivity index (χ2v) is 6.74. The van der Waals surface area contributed by atoms with Crippen LogP contribution in [0, 0.1) is 11.3 Å². The van der Waals surface area contributed by atoms with Gasteiger partial charge < -0.3 is 4.74 Å². The highest BCUT2D eigenvalue weighted by atomic mass is 32.1. The van der Waals surface area contributed by atoms with Gasteiger partial charge in [-0.3, -0.25) is 5.41 Å². The van der Waals surface area contributed by atoms with E-state index < -0.39 is 5.97 Å². The number of esters is 1. The molecule has 124 valence electrons. The van der Waals surface area contributed by atoms with Gasteiger partial charge in [-0.1, -0.05) is 55.5 Å². The third-order valence-electron chi connectivity index (χ3n) is 3.71. The van der Waals surface area contributed by atoms with Crippen LogP contribution >= 0.6 is 11.3 Å². The van der Waals surface area contributed by atoms with E-state index in [1.807, 2.05) is 50.2 Å². The van der Waals surface area contributed by atoms with Crippen molar-refractivity contribution in [3.05, 3.63) is 41.2 Å². The molecule has 0 radical (unpaired) electrons. The lowest BCUT2D eigenvalue weighted by Gasteiger charge is -2.10. The highest BCUT2D eigenvalue weighted by Crippen LogP contribution is 2.27. The lowest BCUT2D eigenvalue weighted by molar-refractivity contribution is -0.135. The first-order valence-corrected chi connectivity index (χ1v) is 8.68. The Morgan fingerprint density at radius 3 is 2.75 bits per heavy atom. The summed E-state index contributed by atoms with van der Waals surface area (Å²) in [5, 5.41) is 14.9. The second kappa shape index (κ2) is 6.57. The average Bonchev–Trinajstić information content (AvgIpc) is 2.88. The van der Waals surface area contributed by atoms with E-state index in [2.05, 4.69) is 5.10 Å². The Hall–Kier alpha value is -2.47. The van der Waals surface area contributed by atoms with Crippen molar-refractivity contribution in [2.45, 2.75) is 20.8 Å². The highest BCUT2D eigenvalue weighted by Gasteiger charge is 2.19. The van der Waals surface area contributed by atoms with Crippen LogP contribution in [0.3, 0.4) is 0 Å². The van der Waals surface area contributed by atoms with Crippen molar-refractivity contribution in [2.75, 3.05) is 6.61 Å². The van der Waals surface area contributed by atoms with E-state index in [0.717, 1.165) is 21.0 Å². The zero-order chi connectivity index (χ0) is 17.3. The molecular weight excluding hydrogens is 322 g/mol. The molecule has 0 unspecified atom stereocenters. The monoisotopic (exact) mass is 341 g/mol. The van der Waals surface area contributed by atoms with Gasteiger partial charge in [-0.25, -0.2) is 9.47 Å². The standard InChI is InChI=1S/C18H19N3O2S/c1-4-23-17(22)15(11(2)3)20-21-16-13-8-6-5-7-12(13)9-10-14(16)24-18(21)19/h5-11,19H,4H2,1-3H3/b19-18?,20-15-. The number of ether oxygens (including phenoxy) is 1. The van der Waals surface area contributed by atoms with Crippen LogP contribution in [0.4, 0.5) is 0 Å². The zero-order valence-electron chi connectivity index (χ0n) is 13.9. The number of nitrogens with zero attached hydrogens (tertiary/aromatic N) is 2. The van der Waals surface area contributed by atoms with Crippen molar-refractivity contribution in [2.24, 2.45) is 11.0 Å². The maximum absolute atomic E-state index is 12.2. The van der Waals surface area contributed by atoms with Gasteiger partial charge in [0.1, 0.15) is 5.71 Å². The lowest BCUT2D eigenvalue weighted by Crippen LogP contribution is -2.25. The van der Waals surface area contributed by atoms with Gasteiger partial charge in [0.25, 0.3) is 0 Å². The summed E-state index contributed by atoms with van der Waals surface area (Å²) in [6.07, 6.45) is 0. The predicted octanol–water partition coefficient (Wildman–Crippen LogP) is 3.76. The van der Waals surface area contributed by atoms with E-state index in [4.69, 9.17) is 10.1 Å². The highest BCUT2D eigenvalue weighted by molar-refractivity contribution is 7.16. The summed E-state index contributed by atoms with van der Waals surface area (Å²) in [5.74, 6) is -0.528. The molecule has 1 N–H and O–H groups in total. The first kappa shape index (κ1) is 16.4. The maximum atomic E-state index is 12.2. The Morgan fingerprint density at radius 1 is 1.29 bits per heavy atom. The molecule has 1 aromatic heterocycles. The van der Waals surface area contributed by atoms with Crippen LogP contribution in [0.1, 0.15) is 20.8 Å². The second-order valence-electron chi connectivity index (χ2n) is 5.71. The van der Waals surface area contributed by atoms with E-state index in [0.29, 0.717) is 12.3 Å². The van der Waals surface area contributed by atoms with E-state index in [1.165, 1.54) is 11.3 Å². The van der Waals surface area contributed by atoms with Gasteiger partial charge in [-0.15, -0.1) is 0 Å². The van der Waals surface area contributed by atoms with Gasteiger partial charge in [-0.2, -0.15) is 5.10 Å². The third kappa shape index (κ3) is 2.85. The molecule has 0 amide bonds. The molecule has 0 saturated heterocycles. The molecule has 2 aromatic carbocycles. The molecular formula is C18H19N3O2S. The molecule has 0 aliphatic carbocycles. The molecule has 0 saturated carbocycles. The molecule has 0 aliphatic rings. The first-order chi connectivity index (χ1) is 11.5. The fraction of sp³-hybridized carbons (Fsp3) is 0.278. The normalized spacial score (nSPS) is 12.2. The SMILES string of the molecule is CCOC(=O)/C(=N\n1c(=N)sc2ccc3ccccc3c21)C(C)C. The largest absolute Gasteiger partial charge is 0.461 e. The van der Waals surface area contributed by atoms with Crippen LogP contribution in [0.2, 0.25) is 0 Å². The summed E-state index contributed by atoms with van der Waals surface area (Å²) in [6.45, 7) is 5.86. The smallest absolute Gasteiger partial charge is 0.354 e. The molecule has 6 heteroatoms. The molecule has 3 aromatic rings. The van der Waals surface area contributed by atoms with Crippen LogP contribution in [-0.4, -0.2) is 23.0 Å². The first-order valence-electron chi connectivity index (χ1n) is 7.86. The summed E-state index contributed by atoms with van der Waals surface area (Å²) in [6, 6.07) is 12.0. The van der Waals surface area contributed by atoms with Crippen LogP contribution in [0.15, 0.2) is 41.5 Å². The summed E-state index contributed by atoms with van der Waals surface area (Å²) in [5.41, 5.74) is 1.17. The molecule has 0 bridgehead atoms. The van der Waals surface area contributed by atoms with Gasteiger partial charge in [-0.05, 0) is 18.4 Å². The van der Waals surface area contributed by atoms with E-state index in [1.54, 1.807) is 11.6 Å².